The summed E-state index contributed by atoms with van der Waals surface area (Å²) in [6, 6.07) is 16.0. The summed E-state index contributed by atoms with van der Waals surface area (Å²) in [5.74, 6) is 1.07. The van der Waals surface area contributed by atoms with Gasteiger partial charge in [-0.15, -0.1) is 0 Å². The average Bonchev–Trinajstić information content (AvgIpc) is 2.78. The SMILES string of the molecule is Cc1cc(-c2cc(-c3ccccc3)nc(C(C)C)c2C#CP(=O)(O)C[C@H](O)CC(=O)O)ccc1F. The van der Waals surface area contributed by atoms with E-state index in [9.17, 15) is 23.7 Å². The molecule has 2 aromatic carbocycles. The minimum Gasteiger partial charge on any atom is -0.481 e. The quantitative estimate of drug-likeness (QED) is 0.299. The molecule has 0 saturated carbocycles. The van der Waals surface area contributed by atoms with Gasteiger partial charge in [0, 0.05) is 11.1 Å². The Bertz CT molecular complexity index is 1340. The van der Waals surface area contributed by atoms with Gasteiger partial charge in [0.25, 0.3) is 7.37 Å². The molecular weight excluding hydrogens is 468 g/mol. The molecule has 0 amide bonds. The number of hydrogen-bond acceptors (Lipinski definition) is 4. The molecule has 1 aromatic heterocycles. The maximum absolute atomic E-state index is 14.0. The summed E-state index contributed by atoms with van der Waals surface area (Å²) in [6.07, 6.45) is -2.82. The number of nitrogens with zero attached hydrogens (tertiary/aromatic N) is 1. The third-order valence-corrected chi connectivity index (χ3v) is 6.73. The second-order valence-electron chi connectivity index (χ2n) is 8.67. The minimum absolute atomic E-state index is 0.0982. The molecule has 182 valence electrons. The summed E-state index contributed by atoms with van der Waals surface area (Å²) < 4.78 is 26.7. The monoisotopic (exact) mass is 495 g/mol. The van der Waals surface area contributed by atoms with Crippen LogP contribution in [0, 0.1) is 24.3 Å². The number of rotatable bonds is 7. The first-order chi connectivity index (χ1) is 16.5. The lowest BCUT2D eigenvalue weighted by Gasteiger charge is -2.16. The molecule has 0 radical (unpaired) electrons. The molecule has 3 N–H and O–H groups in total. The Balaban J connectivity index is 2.21. The Hall–Kier alpha value is -3.30. The standard InChI is InChI=1S/C27H27FNO5P/c1-17(2)27-22(11-12-35(33,34)16-21(30)14-26(31)32)23(20-9-10-24(28)18(3)13-20)15-25(29-27)19-7-5-4-6-8-19/h4-10,13,15,17,21,30H,14,16H2,1-3H3,(H,31,32)(H,33,34)/t21-/m1/s1. The van der Waals surface area contributed by atoms with Crippen molar-refractivity contribution in [3.8, 4) is 34.0 Å². The first-order valence-electron chi connectivity index (χ1n) is 11.1. The normalized spacial score (nSPS) is 13.6. The molecule has 0 aliphatic heterocycles. The molecule has 0 fully saturated rings. The maximum Gasteiger partial charge on any atom is 0.305 e. The highest BCUT2D eigenvalue weighted by Gasteiger charge is 2.23. The fourth-order valence-corrected chi connectivity index (χ4v) is 4.73. The third-order valence-electron chi connectivity index (χ3n) is 5.36. The Labute approximate surface area is 203 Å². The molecule has 0 spiro atoms. The summed E-state index contributed by atoms with van der Waals surface area (Å²) in [6.45, 7) is 5.51. The highest BCUT2D eigenvalue weighted by atomic mass is 31.2. The third kappa shape index (κ3) is 6.86. The van der Waals surface area contributed by atoms with Gasteiger partial charge >= 0.3 is 5.97 Å². The van der Waals surface area contributed by atoms with E-state index in [1.54, 1.807) is 19.1 Å². The number of carboxylic acid groups (broad SMARTS) is 1. The lowest BCUT2D eigenvalue weighted by molar-refractivity contribution is -0.138. The number of carboxylic acids is 1. The predicted molar refractivity (Wildman–Crippen MR) is 134 cm³/mol. The van der Waals surface area contributed by atoms with Crippen molar-refractivity contribution in [3.63, 3.8) is 0 Å². The number of aryl methyl sites for hydroxylation is 1. The smallest absolute Gasteiger partial charge is 0.305 e. The van der Waals surface area contributed by atoms with E-state index >= 15 is 0 Å². The van der Waals surface area contributed by atoms with Crippen molar-refractivity contribution in [3.05, 3.63) is 77.2 Å². The topological polar surface area (TPSA) is 108 Å². The number of aliphatic carboxylic acids is 1. The molecule has 0 aliphatic carbocycles. The van der Waals surface area contributed by atoms with Crippen LogP contribution in [0.25, 0.3) is 22.4 Å². The number of benzene rings is 2. The summed E-state index contributed by atoms with van der Waals surface area (Å²) >= 11 is 0. The second kappa shape index (κ2) is 11.0. The van der Waals surface area contributed by atoms with E-state index < -0.39 is 32.0 Å². The van der Waals surface area contributed by atoms with E-state index in [0.717, 1.165) is 5.56 Å². The van der Waals surface area contributed by atoms with Crippen LogP contribution in [0.5, 0.6) is 0 Å². The molecule has 35 heavy (non-hydrogen) atoms. The number of aromatic nitrogens is 1. The molecule has 2 atom stereocenters. The molecule has 1 heterocycles. The Morgan fingerprint density at radius 2 is 1.80 bits per heavy atom. The molecule has 3 aromatic rings. The fourth-order valence-electron chi connectivity index (χ4n) is 3.65. The highest BCUT2D eigenvalue weighted by molar-refractivity contribution is 7.63. The molecule has 0 bridgehead atoms. The molecule has 3 rings (SSSR count). The molecule has 6 nitrogen and oxygen atoms in total. The Morgan fingerprint density at radius 3 is 2.40 bits per heavy atom. The van der Waals surface area contributed by atoms with Gasteiger partial charge in [0.1, 0.15) is 5.82 Å². The maximum atomic E-state index is 14.0. The van der Waals surface area contributed by atoms with E-state index in [-0.39, 0.29) is 11.7 Å². The van der Waals surface area contributed by atoms with E-state index in [1.165, 1.54) is 6.07 Å². The van der Waals surface area contributed by atoms with Crippen LogP contribution < -0.4 is 0 Å². The summed E-state index contributed by atoms with van der Waals surface area (Å²) in [5, 5.41) is 18.6. The summed E-state index contributed by atoms with van der Waals surface area (Å²) in [5.41, 5.74) is 6.69. The van der Waals surface area contributed by atoms with Crippen LogP contribution in [0.2, 0.25) is 0 Å². The van der Waals surface area contributed by atoms with Crippen molar-refractivity contribution in [2.24, 2.45) is 0 Å². The van der Waals surface area contributed by atoms with Crippen LogP contribution in [-0.4, -0.2) is 38.3 Å². The van der Waals surface area contributed by atoms with Gasteiger partial charge < -0.3 is 15.1 Å². The van der Waals surface area contributed by atoms with Crippen molar-refractivity contribution in [2.75, 3.05) is 6.16 Å². The van der Waals surface area contributed by atoms with E-state index in [4.69, 9.17) is 10.1 Å². The van der Waals surface area contributed by atoms with Gasteiger partial charge in [-0.2, -0.15) is 0 Å². The van der Waals surface area contributed by atoms with Crippen molar-refractivity contribution >= 4 is 13.3 Å². The second-order valence-corrected chi connectivity index (χ2v) is 10.7. The lowest BCUT2D eigenvalue weighted by Crippen LogP contribution is -2.17. The van der Waals surface area contributed by atoms with Crippen molar-refractivity contribution in [2.45, 2.75) is 39.2 Å². The lowest BCUT2D eigenvalue weighted by atomic mass is 9.92. The van der Waals surface area contributed by atoms with Crippen molar-refractivity contribution < 1.29 is 28.9 Å². The first kappa shape index (κ1) is 26.3. The zero-order chi connectivity index (χ0) is 25.8. The number of aliphatic hydroxyl groups is 1. The van der Waals surface area contributed by atoms with Gasteiger partial charge in [-0.25, -0.2) is 4.39 Å². The zero-order valence-corrected chi connectivity index (χ0v) is 20.6. The largest absolute Gasteiger partial charge is 0.481 e. The molecule has 0 saturated heterocycles. The zero-order valence-electron chi connectivity index (χ0n) is 19.7. The van der Waals surface area contributed by atoms with E-state index in [1.807, 2.05) is 50.2 Å². The Morgan fingerprint density at radius 1 is 1.11 bits per heavy atom. The number of halogens is 1. The summed E-state index contributed by atoms with van der Waals surface area (Å²) in [7, 11) is -4.18. The van der Waals surface area contributed by atoms with Crippen LogP contribution in [-0.2, 0) is 9.36 Å². The minimum atomic E-state index is -4.18. The number of pyridine rings is 1. The van der Waals surface area contributed by atoms with Crippen molar-refractivity contribution in [1.82, 2.24) is 4.98 Å². The molecular formula is C27H27FNO5P. The van der Waals surface area contributed by atoms with Gasteiger partial charge in [-0.05, 0) is 47.8 Å². The number of carbonyl (C=O) groups is 1. The fraction of sp³-hybridized carbons (Fsp3) is 0.259. The van der Waals surface area contributed by atoms with Crippen LogP contribution >= 0.6 is 7.37 Å². The van der Waals surface area contributed by atoms with Crippen LogP contribution in [0.4, 0.5) is 4.39 Å². The number of aliphatic hydroxyl groups excluding tert-OH is 1. The van der Waals surface area contributed by atoms with Gasteiger partial charge in [-0.3, -0.25) is 14.3 Å². The Kier molecular flexibility index (Phi) is 8.24. The van der Waals surface area contributed by atoms with Gasteiger partial charge in [-0.1, -0.05) is 56.2 Å². The van der Waals surface area contributed by atoms with E-state index in [0.29, 0.717) is 33.6 Å². The van der Waals surface area contributed by atoms with Crippen LogP contribution in [0.15, 0.2) is 54.6 Å². The van der Waals surface area contributed by atoms with Gasteiger partial charge in [0.2, 0.25) is 0 Å². The highest BCUT2D eigenvalue weighted by Crippen LogP contribution is 2.41. The van der Waals surface area contributed by atoms with Crippen LogP contribution in [0.3, 0.4) is 0 Å². The van der Waals surface area contributed by atoms with Crippen molar-refractivity contribution in [1.29, 1.82) is 0 Å². The van der Waals surface area contributed by atoms with Crippen LogP contribution in [0.1, 0.15) is 43.0 Å². The molecule has 0 aliphatic rings. The number of hydrogen-bond donors (Lipinski definition) is 3. The molecule has 1 unspecified atom stereocenters. The van der Waals surface area contributed by atoms with Gasteiger partial charge in [0.15, 0.2) is 0 Å². The molecule has 8 heteroatoms. The van der Waals surface area contributed by atoms with E-state index in [2.05, 4.69) is 11.6 Å². The van der Waals surface area contributed by atoms with Gasteiger partial charge in [0.05, 0.1) is 35.6 Å². The first-order valence-corrected chi connectivity index (χ1v) is 12.9. The predicted octanol–water partition coefficient (Wildman–Crippen LogP) is 5.40. The average molecular weight is 495 g/mol. The summed E-state index contributed by atoms with van der Waals surface area (Å²) in [4.78, 5) is 25.9.